The molecule has 0 heterocycles. The van der Waals surface area contributed by atoms with Crippen molar-refractivity contribution in [2.24, 2.45) is 0 Å². The zero-order valence-corrected chi connectivity index (χ0v) is 13.0. The van der Waals surface area contributed by atoms with Crippen molar-refractivity contribution in [2.75, 3.05) is 0 Å². The fourth-order valence-corrected chi connectivity index (χ4v) is 2.14. The van der Waals surface area contributed by atoms with Crippen LogP contribution in [0.15, 0.2) is 24.3 Å². The van der Waals surface area contributed by atoms with Crippen molar-refractivity contribution in [3.05, 3.63) is 35.4 Å². The summed E-state index contributed by atoms with van der Waals surface area (Å²) in [6.07, 6.45) is 1.07. The first-order chi connectivity index (χ1) is 9.69. The lowest BCUT2D eigenvalue weighted by Gasteiger charge is -2.24. The van der Waals surface area contributed by atoms with Gasteiger partial charge in [-0.3, -0.25) is 4.79 Å². The zero-order valence-electron chi connectivity index (χ0n) is 13.0. The lowest BCUT2D eigenvalue weighted by atomic mass is 9.81. The Morgan fingerprint density at radius 2 is 1.62 bits per heavy atom. The summed E-state index contributed by atoms with van der Waals surface area (Å²) in [6.45, 7) is 6.25. The highest BCUT2D eigenvalue weighted by Crippen LogP contribution is 2.35. The summed E-state index contributed by atoms with van der Waals surface area (Å²) in [5.74, 6) is -3.84. The van der Waals surface area contributed by atoms with Crippen molar-refractivity contribution in [1.82, 2.24) is 0 Å². The molecule has 0 aliphatic carbocycles. The molecule has 21 heavy (non-hydrogen) atoms. The van der Waals surface area contributed by atoms with Crippen LogP contribution >= 0.6 is 0 Å². The van der Waals surface area contributed by atoms with Gasteiger partial charge in [0.15, 0.2) is 0 Å². The van der Waals surface area contributed by atoms with Crippen molar-refractivity contribution in [3.8, 4) is 0 Å². The molecule has 0 amide bonds. The lowest BCUT2D eigenvalue weighted by Crippen LogP contribution is -2.17. The second-order valence-corrected chi connectivity index (χ2v) is 6.12. The fraction of sp³-hybridized carbons (Fsp3) is 0.588. The van der Waals surface area contributed by atoms with Crippen LogP contribution in [-0.4, -0.2) is 11.1 Å². The van der Waals surface area contributed by atoms with E-state index in [9.17, 15) is 13.6 Å². The topological polar surface area (TPSA) is 37.3 Å². The molecule has 2 nitrogen and oxygen atoms in total. The molecule has 4 heteroatoms. The first kappa shape index (κ1) is 17.6. The van der Waals surface area contributed by atoms with Gasteiger partial charge in [0.2, 0.25) is 0 Å². The van der Waals surface area contributed by atoms with Crippen LogP contribution in [0.2, 0.25) is 0 Å². The summed E-state index contributed by atoms with van der Waals surface area (Å²) in [5, 5.41) is 8.50. The van der Waals surface area contributed by atoms with Gasteiger partial charge in [0.05, 0.1) is 0 Å². The summed E-state index contributed by atoms with van der Waals surface area (Å²) < 4.78 is 28.1. The molecular formula is C17H24F2O2. The van der Waals surface area contributed by atoms with Crippen molar-refractivity contribution in [1.29, 1.82) is 0 Å². The number of halogens is 2. The average molecular weight is 298 g/mol. The Balaban J connectivity index is 2.69. The summed E-state index contributed by atoms with van der Waals surface area (Å²) in [5.41, 5.74) is 1.04. The van der Waals surface area contributed by atoms with Crippen LogP contribution in [-0.2, 0) is 16.1 Å². The fourth-order valence-electron chi connectivity index (χ4n) is 2.14. The lowest BCUT2D eigenvalue weighted by molar-refractivity contribution is -0.137. The first-order valence-electron chi connectivity index (χ1n) is 7.39. The number of aliphatic carboxylic acids is 1. The number of hydrogen-bond acceptors (Lipinski definition) is 1. The van der Waals surface area contributed by atoms with Gasteiger partial charge in [-0.15, -0.1) is 0 Å². The van der Waals surface area contributed by atoms with Crippen LogP contribution in [0.1, 0.15) is 64.0 Å². The molecule has 0 saturated carbocycles. The smallest absolute Gasteiger partial charge is 0.303 e. The first-order valence-corrected chi connectivity index (χ1v) is 7.39. The van der Waals surface area contributed by atoms with E-state index in [1.165, 1.54) is 12.1 Å². The minimum Gasteiger partial charge on any atom is -0.481 e. The second-order valence-electron chi connectivity index (χ2n) is 6.12. The molecule has 0 aliphatic rings. The molecular weight excluding hydrogens is 274 g/mol. The van der Waals surface area contributed by atoms with Gasteiger partial charge in [-0.05, 0) is 30.2 Å². The monoisotopic (exact) mass is 298 g/mol. The van der Waals surface area contributed by atoms with Gasteiger partial charge in [-0.25, -0.2) is 8.78 Å². The predicted molar refractivity (Wildman–Crippen MR) is 79.8 cm³/mol. The third kappa shape index (κ3) is 5.10. The number of carboxylic acids is 1. The van der Waals surface area contributed by atoms with E-state index >= 15 is 0 Å². The SMILES string of the molecule is CCC(C)(C)c1ccc(C(F)(F)CCCCC(=O)O)cc1. The number of carbonyl (C=O) groups is 1. The molecule has 1 aromatic rings. The quantitative estimate of drug-likeness (QED) is 0.677. The van der Waals surface area contributed by atoms with Crippen LogP contribution in [0.25, 0.3) is 0 Å². The van der Waals surface area contributed by atoms with E-state index in [4.69, 9.17) is 5.11 Å². The largest absolute Gasteiger partial charge is 0.481 e. The zero-order chi connectivity index (χ0) is 16.1. The summed E-state index contributed by atoms with van der Waals surface area (Å²) in [4.78, 5) is 10.4. The highest BCUT2D eigenvalue weighted by Gasteiger charge is 2.31. The van der Waals surface area contributed by atoms with Crippen LogP contribution in [0, 0.1) is 0 Å². The van der Waals surface area contributed by atoms with E-state index < -0.39 is 11.9 Å². The van der Waals surface area contributed by atoms with E-state index in [1.807, 2.05) is 0 Å². The summed E-state index contributed by atoms with van der Waals surface area (Å²) in [7, 11) is 0. The van der Waals surface area contributed by atoms with E-state index in [2.05, 4.69) is 20.8 Å². The van der Waals surface area contributed by atoms with Crippen LogP contribution in [0.3, 0.4) is 0 Å². The molecule has 0 atom stereocenters. The van der Waals surface area contributed by atoms with Gasteiger partial charge in [-0.2, -0.15) is 0 Å². The van der Waals surface area contributed by atoms with Gasteiger partial charge in [0, 0.05) is 18.4 Å². The molecule has 0 saturated heterocycles. The maximum atomic E-state index is 14.0. The minimum atomic E-state index is -2.90. The van der Waals surface area contributed by atoms with Crippen molar-refractivity contribution < 1.29 is 18.7 Å². The Morgan fingerprint density at radius 1 is 1.10 bits per heavy atom. The third-order valence-corrected chi connectivity index (χ3v) is 4.10. The number of benzene rings is 1. The Hall–Kier alpha value is -1.45. The van der Waals surface area contributed by atoms with Crippen molar-refractivity contribution in [3.63, 3.8) is 0 Å². The van der Waals surface area contributed by atoms with Crippen LogP contribution < -0.4 is 0 Å². The molecule has 0 spiro atoms. The standard InChI is InChI=1S/C17H24F2O2/c1-4-16(2,3)13-8-10-14(11-9-13)17(18,19)12-6-5-7-15(20)21/h8-11H,4-7,12H2,1-3H3,(H,20,21). The molecule has 0 bridgehead atoms. The third-order valence-electron chi connectivity index (χ3n) is 4.10. The second kappa shape index (κ2) is 7.01. The molecule has 1 N–H and O–H groups in total. The Kier molecular flexibility index (Phi) is 5.87. The van der Waals surface area contributed by atoms with E-state index in [-0.39, 0.29) is 36.7 Å². The normalized spacial score (nSPS) is 12.4. The van der Waals surface area contributed by atoms with Crippen molar-refractivity contribution >= 4 is 5.97 Å². The molecule has 118 valence electrons. The minimum absolute atomic E-state index is 0.00785. The summed E-state index contributed by atoms with van der Waals surface area (Å²) in [6, 6.07) is 6.52. The highest BCUT2D eigenvalue weighted by molar-refractivity contribution is 5.66. The van der Waals surface area contributed by atoms with Gasteiger partial charge < -0.3 is 5.11 Å². The van der Waals surface area contributed by atoms with Crippen molar-refractivity contribution in [2.45, 2.75) is 64.2 Å². The van der Waals surface area contributed by atoms with Crippen LogP contribution in [0.5, 0.6) is 0 Å². The Labute approximate surface area is 125 Å². The molecule has 0 radical (unpaired) electrons. The molecule has 1 rings (SSSR count). The van der Waals surface area contributed by atoms with E-state index in [0.29, 0.717) is 0 Å². The number of alkyl halides is 2. The molecule has 1 aromatic carbocycles. The Morgan fingerprint density at radius 3 is 2.10 bits per heavy atom. The maximum Gasteiger partial charge on any atom is 0.303 e. The number of rotatable bonds is 8. The summed E-state index contributed by atoms with van der Waals surface area (Å²) >= 11 is 0. The average Bonchev–Trinajstić information content (AvgIpc) is 2.43. The van der Waals surface area contributed by atoms with E-state index in [0.717, 1.165) is 12.0 Å². The van der Waals surface area contributed by atoms with Crippen LogP contribution in [0.4, 0.5) is 8.78 Å². The number of unbranched alkanes of at least 4 members (excludes halogenated alkanes) is 1. The highest BCUT2D eigenvalue weighted by atomic mass is 19.3. The van der Waals surface area contributed by atoms with Gasteiger partial charge >= 0.3 is 5.97 Å². The number of carboxylic acid groups (broad SMARTS) is 1. The maximum absolute atomic E-state index is 14.0. The Bertz CT molecular complexity index is 464. The van der Waals surface area contributed by atoms with Gasteiger partial charge in [-0.1, -0.05) is 45.0 Å². The molecule has 0 aliphatic heterocycles. The predicted octanol–water partition coefficient (Wildman–Crippen LogP) is 5.11. The van der Waals surface area contributed by atoms with E-state index in [1.54, 1.807) is 12.1 Å². The molecule has 0 unspecified atom stereocenters. The number of hydrogen-bond donors (Lipinski definition) is 1. The molecule has 0 aromatic heterocycles. The van der Waals surface area contributed by atoms with Gasteiger partial charge in [0.1, 0.15) is 0 Å². The van der Waals surface area contributed by atoms with Gasteiger partial charge in [0.25, 0.3) is 5.92 Å². The molecule has 0 fully saturated rings.